The van der Waals surface area contributed by atoms with Crippen LogP contribution in [0.2, 0.25) is 0 Å². The van der Waals surface area contributed by atoms with Gasteiger partial charge in [0.25, 0.3) is 0 Å². The van der Waals surface area contributed by atoms with Gasteiger partial charge >= 0.3 is 11.9 Å². The molecule has 5 heteroatoms. The van der Waals surface area contributed by atoms with Crippen LogP contribution in [0.4, 0.5) is 0 Å². The third-order valence-electron chi connectivity index (χ3n) is 4.60. The van der Waals surface area contributed by atoms with Gasteiger partial charge in [0.05, 0.1) is 11.5 Å². The van der Waals surface area contributed by atoms with E-state index in [0.717, 1.165) is 17.5 Å². The van der Waals surface area contributed by atoms with Gasteiger partial charge in [-0.25, -0.2) is 4.79 Å². The van der Waals surface area contributed by atoms with Crippen LogP contribution in [0, 0.1) is 5.92 Å². The number of pyridine rings is 1. The Kier molecular flexibility index (Phi) is 6.28. The van der Waals surface area contributed by atoms with E-state index in [2.05, 4.69) is 11.9 Å². The number of carbonyl (C=O) groups is 2. The standard InChI is InChI=1S/C20H23NO4/c1-13(15-3-5-17(6-4-15)20(24)25)11-18(12-14(2)19(22)23)16-7-9-21-10-8-16/h3-10,13-14,18H,11-12H2,1-2H3,(H,22,23)(H,24,25). The Morgan fingerprint density at radius 3 is 2.04 bits per heavy atom. The SMILES string of the molecule is CC(CC(CC(C)c1ccc(C(=O)O)cc1)c1ccncc1)C(=O)O. The number of aromatic carboxylic acids is 1. The third kappa shape index (κ3) is 5.14. The maximum atomic E-state index is 11.3. The second-order valence-electron chi connectivity index (χ2n) is 6.52. The van der Waals surface area contributed by atoms with Gasteiger partial charge in [0.1, 0.15) is 0 Å². The summed E-state index contributed by atoms with van der Waals surface area (Å²) >= 11 is 0. The summed E-state index contributed by atoms with van der Waals surface area (Å²) in [5, 5.41) is 18.2. The van der Waals surface area contributed by atoms with Crippen LogP contribution in [0.3, 0.4) is 0 Å². The van der Waals surface area contributed by atoms with E-state index >= 15 is 0 Å². The summed E-state index contributed by atoms with van der Waals surface area (Å²) < 4.78 is 0. The maximum Gasteiger partial charge on any atom is 0.335 e. The normalized spacial score (nSPS) is 14.5. The first kappa shape index (κ1) is 18.6. The quantitative estimate of drug-likeness (QED) is 0.752. The molecule has 3 atom stereocenters. The first-order valence-corrected chi connectivity index (χ1v) is 8.34. The minimum Gasteiger partial charge on any atom is -0.481 e. The molecule has 25 heavy (non-hydrogen) atoms. The van der Waals surface area contributed by atoms with Crippen molar-refractivity contribution < 1.29 is 19.8 Å². The predicted octanol–water partition coefficient (Wildman–Crippen LogP) is 4.17. The van der Waals surface area contributed by atoms with Crippen LogP contribution in [0.5, 0.6) is 0 Å². The molecule has 0 aliphatic heterocycles. The molecule has 0 aliphatic rings. The number of carboxylic acid groups (broad SMARTS) is 2. The molecule has 0 radical (unpaired) electrons. The minimum atomic E-state index is -0.941. The number of hydrogen-bond donors (Lipinski definition) is 2. The van der Waals surface area contributed by atoms with E-state index in [1.165, 1.54) is 0 Å². The monoisotopic (exact) mass is 341 g/mol. The summed E-state index contributed by atoms with van der Waals surface area (Å²) in [6.07, 6.45) is 4.78. The molecule has 1 heterocycles. The van der Waals surface area contributed by atoms with Crippen molar-refractivity contribution in [2.24, 2.45) is 5.92 Å². The zero-order valence-corrected chi connectivity index (χ0v) is 14.4. The van der Waals surface area contributed by atoms with E-state index in [0.29, 0.717) is 6.42 Å². The number of hydrogen-bond acceptors (Lipinski definition) is 3. The van der Waals surface area contributed by atoms with Crippen molar-refractivity contribution in [3.63, 3.8) is 0 Å². The molecule has 0 saturated heterocycles. The summed E-state index contributed by atoms with van der Waals surface area (Å²) in [5.74, 6) is -1.88. The van der Waals surface area contributed by atoms with E-state index in [-0.39, 0.29) is 17.4 Å². The molecule has 2 aromatic rings. The lowest BCUT2D eigenvalue weighted by molar-refractivity contribution is -0.141. The van der Waals surface area contributed by atoms with Crippen molar-refractivity contribution in [2.75, 3.05) is 0 Å². The number of benzene rings is 1. The lowest BCUT2D eigenvalue weighted by atomic mass is 9.81. The van der Waals surface area contributed by atoms with E-state index in [1.54, 1.807) is 31.5 Å². The van der Waals surface area contributed by atoms with Crippen LogP contribution >= 0.6 is 0 Å². The Balaban J connectivity index is 2.17. The second kappa shape index (κ2) is 8.42. The molecule has 3 unspecified atom stereocenters. The molecule has 1 aromatic heterocycles. The van der Waals surface area contributed by atoms with Gasteiger partial charge in [0.15, 0.2) is 0 Å². The number of carboxylic acids is 2. The van der Waals surface area contributed by atoms with Crippen molar-refractivity contribution in [1.29, 1.82) is 0 Å². The van der Waals surface area contributed by atoms with Crippen molar-refractivity contribution in [2.45, 2.75) is 38.5 Å². The van der Waals surface area contributed by atoms with Gasteiger partial charge in [-0.3, -0.25) is 9.78 Å². The Morgan fingerprint density at radius 1 is 0.920 bits per heavy atom. The molecule has 2 N–H and O–H groups in total. The molecular formula is C20H23NO4. The molecule has 0 aliphatic carbocycles. The molecule has 2 rings (SSSR count). The zero-order valence-electron chi connectivity index (χ0n) is 14.4. The minimum absolute atomic E-state index is 0.100. The summed E-state index contributed by atoms with van der Waals surface area (Å²) in [5.41, 5.74) is 2.39. The highest BCUT2D eigenvalue weighted by Crippen LogP contribution is 2.34. The Labute approximate surface area is 147 Å². The van der Waals surface area contributed by atoms with Crippen LogP contribution in [-0.4, -0.2) is 27.1 Å². The number of nitrogens with zero attached hydrogens (tertiary/aromatic N) is 1. The Morgan fingerprint density at radius 2 is 1.52 bits per heavy atom. The lowest BCUT2D eigenvalue weighted by Crippen LogP contribution is -2.15. The van der Waals surface area contributed by atoms with Crippen LogP contribution in [0.25, 0.3) is 0 Å². The molecule has 0 saturated carbocycles. The molecule has 5 nitrogen and oxygen atoms in total. The van der Waals surface area contributed by atoms with Gasteiger partial charge in [0, 0.05) is 12.4 Å². The van der Waals surface area contributed by atoms with Crippen LogP contribution in [0.15, 0.2) is 48.8 Å². The third-order valence-corrected chi connectivity index (χ3v) is 4.60. The molecule has 132 valence electrons. The molecule has 0 bridgehead atoms. The molecular weight excluding hydrogens is 318 g/mol. The van der Waals surface area contributed by atoms with Gasteiger partial charge in [-0.05, 0) is 60.1 Å². The average molecular weight is 341 g/mol. The Hall–Kier alpha value is -2.69. The fourth-order valence-corrected chi connectivity index (χ4v) is 3.05. The predicted molar refractivity (Wildman–Crippen MR) is 94.8 cm³/mol. The molecule has 0 spiro atoms. The number of rotatable bonds is 8. The van der Waals surface area contributed by atoms with Gasteiger partial charge in [-0.1, -0.05) is 26.0 Å². The average Bonchev–Trinajstić information content (AvgIpc) is 2.61. The summed E-state index contributed by atoms with van der Waals surface area (Å²) in [4.78, 5) is 26.3. The van der Waals surface area contributed by atoms with Gasteiger partial charge in [-0.15, -0.1) is 0 Å². The van der Waals surface area contributed by atoms with E-state index < -0.39 is 17.9 Å². The van der Waals surface area contributed by atoms with Crippen LogP contribution in [-0.2, 0) is 4.79 Å². The molecule has 0 fully saturated rings. The van der Waals surface area contributed by atoms with Crippen LogP contribution < -0.4 is 0 Å². The molecule has 1 aromatic carbocycles. The smallest absolute Gasteiger partial charge is 0.335 e. The van der Waals surface area contributed by atoms with Crippen molar-refractivity contribution in [3.05, 3.63) is 65.5 Å². The first-order chi connectivity index (χ1) is 11.9. The van der Waals surface area contributed by atoms with Crippen molar-refractivity contribution in [3.8, 4) is 0 Å². The lowest BCUT2D eigenvalue weighted by Gasteiger charge is -2.23. The number of aliphatic carboxylic acids is 1. The topological polar surface area (TPSA) is 87.5 Å². The highest BCUT2D eigenvalue weighted by Gasteiger charge is 2.22. The fourth-order valence-electron chi connectivity index (χ4n) is 3.05. The van der Waals surface area contributed by atoms with E-state index in [9.17, 15) is 14.7 Å². The first-order valence-electron chi connectivity index (χ1n) is 8.34. The summed E-state index contributed by atoms with van der Waals surface area (Å²) in [6.45, 7) is 3.80. The van der Waals surface area contributed by atoms with E-state index in [4.69, 9.17) is 5.11 Å². The Bertz CT molecular complexity index is 712. The van der Waals surface area contributed by atoms with Crippen LogP contribution in [0.1, 0.15) is 60.0 Å². The van der Waals surface area contributed by atoms with Crippen molar-refractivity contribution in [1.82, 2.24) is 4.98 Å². The van der Waals surface area contributed by atoms with Gasteiger partial charge in [0.2, 0.25) is 0 Å². The highest BCUT2D eigenvalue weighted by molar-refractivity contribution is 5.87. The zero-order chi connectivity index (χ0) is 18.4. The number of aromatic nitrogens is 1. The second-order valence-corrected chi connectivity index (χ2v) is 6.52. The van der Waals surface area contributed by atoms with E-state index in [1.807, 2.05) is 24.3 Å². The summed E-state index contributed by atoms with van der Waals surface area (Å²) in [6, 6.07) is 10.7. The largest absolute Gasteiger partial charge is 0.481 e. The van der Waals surface area contributed by atoms with Gasteiger partial charge < -0.3 is 10.2 Å². The highest BCUT2D eigenvalue weighted by atomic mass is 16.4. The fraction of sp³-hybridized carbons (Fsp3) is 0.350. The van der Waals surface area contributed by atoms with Gasteiger partial charge in [-0.2, -0.15) is 0 Å². The van der Waals surface area contributed by atoms with Crippen molar-refractivity contribution >= 4 is 11.9 Å². The maximum absolute atomic E-state index is 11.3. The summed E-state index contributed by atoms with van der Waals surface area (Å²) in [7, 11) is 0. The molecule has 0 amide bonds.